The minimum atomic E-state index is -2.04. The van der Waals surface area contributed by atoms with Crippen LogP contribution in [0.15, 0.2) is 121 Å². The van der Waals surface area contributed by atoms with Gasteiger partial charge in [0.05, 0.1) is 0 Å². The molecule has 0 atom stereocenters. The van der Waals surface area contributed by atoms with E-state index in [1.165, 1.54) is 22.3 Å². The fourth-order valence-electron chi connectivity index (χ4n) is 9.24. The number of hydrogen-bond acceptors (Lipinski definition) is 4. The van der Waals surface area contributed by atoms with Crippen molar-refractivity contribution in [3.8, 4) is 23.0 Å². The molecule has 5 aromatic carbocycles. The molecule has 0 N–H and O–H groups in total. The van der Waals surface area contributed by atoms with Crippen molar-refractivity contribution in [2.45, 2.75) is 221 Å². The van der Waals surface area contributed by atoms with Gasteiger partial charge in [-0.3, -0.25) is 0 Å². The lowest BCUT2D eigenvalue weighted by molar-refractivity contribution is 0.421. The summed E-state index contributed by atoms with van der Waals surface area (Å²) in [5.41, 5.74) is 10.5. The molecule has 1 aliphatic carbocycles. The average molecular weight is 1040 g/mol. The number of rotatable bonds is 11. The first-order chi connectivity index (χ1) is 33.7. The Labute approximate surface area is 453 Å². The van der Waals surface area contributed by atoms with Crippen molar-refractivity contribution in [2.24, 2.45) is 0 Å². The van der Waals surface area contributed by atoms with E-state index >= 15 is 0 Å². The van der Waals surface area contributed by atoms with Gasteiger partial charge in [-0.1, -0.05) is 263 Å². The standard InChI is InChI=1S/C68H94O4P2/c1-60(2,3)48-32-36-56(52(41-48)64(13,14)15)69-73(70-57-37-33-49(61(4,5)6)42-53(57)65(16,17)18)68(40-28-31-47(45-68)46-29-26-25-27-30-46)74(71-58-38-34-50(62(7,8)9)43-54(58)66(19,20)21)72-59-39-35-51(63(10,11)12)44-55(59)67(22,23)24/h25-44H,45H2,1-24H3. The summed E-state index contributed by atoms with van der Waals surface area (Å²) in [6.07, 6.45) is 7.30. The molecule has 5 aromatic rings. The lowest BCUT2D eigenvalue weighted by Gasteiger charge is -2.43. The topological polar surface area (TPSA) is 36.9 Å². The molecule has 0 aliphatic heterocycles. The van der Waals surface area contributed by atoms with Crippen LogP contribution < -0.4 is 18.1 Å². The molecule has 0 saturated carbocycles. The van der Waals surface area contributed by atoms with Gasteiger partial charge in [0.1, 0.15) is 23.0 Å². The number of hydrogen-bond donors (Lipinski definition) is 0. The Balaban J connectivity index is 1.78. The highest BCUT2D eigenvalue weighted by Crippen LogP contribution is 2.73. The highest BCUT2D eigenvalue weighted by atomic mass is 31.2. The molecule has 0 radical (unpaired) electrons. The van der Waals surface area contributed by atoms with Crippen LogP contribution in [-0.4, -0.2) is 4.90 Å². The molecular weight excluding hydrogens is 943 g/mol. The molecule has 6 heteroatoms. The van der Waals surface area contributed by atoms with Gasteiger partial charge in [0.15, 0.2) is 4.90 Å². The Hall–Kier alpha value is -4.36. The molecule has 0 aromatic heterocycles. The summed E-state index contributed by atoms with van der Waals surface area (Å²) < 4.78 is 31.7. The summed E-state index contributed by atoms with van der Waals surface area (Å²) in [5.74, 6) is 3.20. The van der Waals surface area contributed by atoms with Gasteiger partial charge in [-0.2, -0.15) is 0 Å². The van der Waals surface area contributed by atoms with Gasteiger partial charge in [0, 0.05) is 28.7 Å². The predicted molar refractivity (Wildman–Crippen MR) is 323 cm³/mol. The van der Waals surface area contributed by atoms with Crippen molar-refractivity contribution in [1.29, 1.82) is 0 Å². The Morgan fingerprint density at radius 2 is 0.608 bits per heavy atom. The molecule has 6 rings (SSSR count). The fraction of sp³-hybridized carbons (Fsp3) is 0.500. The Kier molecular flexibility index (Phi) is 16.6. The first-order valence-electron chi connectivity index (χ1n) is 27.1. The Morgan fingerprint density at radius 3 is 0.851 bits per heavy atom. The fourth-order valence-corrected chi connectivity index (χ4v) is 13.3. The van der Waals surface area contributed by atoms with Crippen molar-refractivity contribution in [3.05, 3.63) is 171 Å². The summed E-state index contributed by atoms with van der Waals surface area (Å²) in [4.78, 5) is -1.02. The zero-order chi connectivity index (χ0) is 55.4. The summed E-state index contributed by atoms with van der Waals surface area (Å²) in [6.45, 7) is 54.7. The first-order valence-corrected chi connectivity index (χ1v) is 29.4. The monoisotopic (exact) mass is 1040 g/mol. The molecule has 400 valence electrons. The zero-order valence-electron chi connectivity index (χ0n) is 50.3. The highest BCUT2D eigenvalue weighted by Gasteiger charge is 2.57. The average Bonchev–Trinajstić information content (AvgIpc) is 3.26. The summed E-state index contributed by atoms with van der Waals surface area (Å²) in [6, 6.07) is 37.9. The van der Waals surface area contributed by atoms with Crippen molar-refractivity contribution < 1.29 is 18.1 Å². The summed E-state index contributed by atoms with van der Waals surface area (Å²) in [5, 5.41) is 0. The Bertz CT molecular complexity index is 2510. The van der Waals surface area contributed by atoms with Gasteiger partial charge in [0.25, 0.3) is 0 Å². The van der Waals surface area contributed by atoms with Crippen LogP contribution in [0.4, 0.5) is 0 Å². The van der Waals surface area contributed by atoms with E-state index in [4.69, 9.17) is 18.1 Å². The lowest BCUT2D eigenvalue weighted by Crippen LogP contribution is -2.33. The number of allylic oxidation sites excluding steroid dienone is 4. The second-order valence-electron chi connectivity index (χ2n) is 29.2. The maximum absolute atomic E-state index is 7.94. The van der Waals surface area contributed by atoms with Crippen LogP contribution in [0, 0.1) is 0 Å². The molecule has 0 unspecified atom stereocenters. The van der Waals surface area contributed by atoms with Crippen LogP contribution in [0.5, 0.6) is 23.0 Å². The second-order valence-corrected chi connectivity index (χ2v) is 32.9. The van der Waals surface area contributed by atoms with Crippen molar-refractivity contribution in [2.75, 3.05) is 0 Å². The van der Waals surface area contributed by atoms with Gasteiger partial charge >= 0.3 is 16.8 Å². The minimum Gasteiger partial charge on any atom is -0.437 e. The molecule has 74 heavy (non-hydrogen) atoms. The van der Waals surface area contributed by atoms with Crippen LogP contribution in [0.25, 0.3) is 5.57 Å². The third-order valence-corrected chi connectivity index (χ3v) is 18.5. The van der Waals surface area contributed by atoms with E-state index in [0.29, 0.717) is 6.42 Å². The first kappa shape index (κ1) is 58.9. The van der Waals surface area contributed by atoms with E-state index in [9.17, 15) is 0 Å². The van der Waals surface area contributed by atoms with E-state index in [2.05, 4.69) is 288 Å². The van der Waals surface area contributed by atoms with Crippen LogP contribution in [0.3, 0.4) is 0 Å². The molecular formula is C68H94O4P2. The largest absolute Gasteiger partial charge is 0.437 e. The molecule has 0 saturated heterocycles. The quantitative estimate of drug-likeness (QED) is 0.124. The molecule has 0 spiro atoms. The van der Waals surface area contributed by atoms with Gasteiger partial charge < -0.3 is 18.1 Å². The van der Waals surface area contributed by atoms with Crippen molar-refractivity contribution in [3.63, 3.8) is 0 Å². The molecule has 0 amide bonds. The third kappa shape index (κ3) is 13.8. The number of benzene rings is 5. The van der Waals surface area contributed by atoms with Crippen LogP contribution >= 0.6 is 16.8 Å². The van der Waals surface area contributed by atoms with Crippen molar-refractivity contribution >= 4 is 22.3 Å². The van der Waals surface area contributed by atoms with Gasteiger partial charge in [0.2, 0.25) is 0 Å². The van der Waals surface area contributed by atoms with E-state index in [1.54, 1.807) is 0 Å². The molecule has 0 fully saturated rings. The second kappa shape index (κ2) is 20.9. The smallest absolute Gasteiger partial charge is 0.313 e. The maximum atomic E-state index is 7.94. The molecule has 4 nitrogen and oxygen atoms in total. The van der Waals surface area contributed by atoms with Gasteiger partial charge in [-0.05, 0) is 101 Å². The van der Waals surface area contributed by atoms with Crippen LogP contribution in [0.1, 0.15) is 223 Å². The lowest BCUT2D eigenvalue weighted by atomic mass is 9.80. The van der Waals surface area contributed by atoms with Crippen molar-refractivity contribution in [1.82, 2.24) is 0 Å². The molecule has 0 heterocycles. The van der Waals surface area contributed by atoms with E-state index in [-0.39, 0.29) is 43.3 Å². The zero-order valence-corrected chi connectivity index (χ0v) is 52.1. The van der Waals surface area contributed by atoms with Crippen LogP contribution in [-0.2, 0) is 43.3 Å². The highest BCUT2D eigenvalue weighted by molar-refractivity contribution is 7.69. The summed E-state index contributed by atoms with van der Waals surface area (Å²) >= 11 is 0. The summed E-state index contributed by atoms with van der Waals surface area (Å²) in [7, 11) is -4.08. The normalized spacial score (nSPS) is 15.1. The van der Waals surface area contributed by atoms with E-state index in [1.807, 2.05) is 0 Å². The van der Waals surface area contributed by atoms with Gasteiger partial charge in [-0.15, -0.1) is 0 Å². The van der Waals surface area contributed by atoms with E-state index < -0.39 is 21.6 Å². The Morgan fingerprint density at radius 1 is 0.338 bits per heavy atom. The maximum Gasteiger partial charge on any atom is 0.313 e. The van der Waals surface area contributed by atoms with Crippen LogP contribution in [0.2, 0.25) is 0 Å². The predicted octanol–water partition coefficient (Wildman–Crippen LogP) is 21.0. The SMILES string of the molecule is CC(C)(C)c1ccc(OP(Oc2ccc(C(C)(C)C)cc2C(C)(C)C)C2(P(Oc3ccc(C(C)(C)C)cc3C(C)(C)C)Oc3ccc(C(C)(C)C)cc3C(C)(C)C)C=CC=C(c3ccccc3)C2)c(C(C)(C)C)c1. The third-order valence-electron chi connectivity index (χ3n) is 14.2. The van der Waals surface area contributed by atoms with E-state index in [0.717, 1.165) is 56.4 Å². The molecule has 0 bridgehead atoms. The molecule has 1 aliphatic rings. The van der Waals surface area contributed by atoms with Gasteiger partial charge in [-0.25, -0.2) is 0 Å². The minimum absolute atomic E-state index is 0.0739.